The van der Waals surface area contributed by atoms with Crippen LogP contribution in [0.15, 0.2) is 0 Å². The summed E-state index contributed by atoms with van der Waals surface area (Å²) in [5.74, 6) is 0. The van der Waals surface area contributed by atoms with E-state index in [0.29, 0.717) is 0 Å². The molecule has 0 radical (unpaired) electrons. The van der Waals surface area contributed by atoms with Crippen LogP contribution >= 0.6 is 0 Å². The second-order valence-corrected chi connectivity index (χ2v) is 2.06. The molecule has 0 N–H and O–H groups in total. The van der Waals surface area contributed by atoms with Gasteiger partial charge in [-0.1, -0.05) is 90.5 Å². The van der Waals surface area contributed by atoms with Crippen molar-refractivity contribution in [1.29, 1.82) is 0 Å². The molecule has 0 spiro atoms. The second-order valence-electron chi connectivity index (χ2n) is 2.06. The smallest absolute Gasteiger partial charge is 0.0533 e. The predicted octanol–water partition coefficient (Wildman–Crippen LogP) is 6.79. The lowest BCUT2D eigenvalue weighted by molar-refractivity contribution is 0.656. The summed E-state index contributed by atoms with van der Waals surface area (Å²) in [5, 5.41) is 0. The normalized spacial score (nSPS) is 5.08. The number of hydrogen-bond acceptors (Lipinski definition) is 0. The first kappa shape index (κ1) is 52.0. The molecule has 0 nitrogen and oxygen atoms in total. The Kier molecular flexibility index (Phi) is 232. The van der Waals surface area contributed by atoms with Crippen LogP contribution in [0.2, 0.25) is 0 Å². The van der Waals surface area contributed by atoms with E-state index in [9.17, 15) is 0 Å². The van der Waals surface area contributed by atoms with Crippen LogP contribution in [-0.2, 0) is 0 Å². The summed E-state index contributed by atoms with van der Waals surface area (Å²) in [6.45, 7) is 4.49. The Morgan fingerprint density at radius 2 is 0.692 bits per heavy atom. The zero-order valence-corrected chi connectivity index (χ0v) is 5.54. The van der Waals surface area contributed by atoms with E-state index in [1.165, 1.54) is 32.1 Å². The lowest BCUT2D eigenvalue weighted by atomic mass is 10.2. The minimum Gasteiger partial charge on any atom is -0.0776 e. The molecule has 0 fully saturated rings. The minimum atomic E-state index is 0. The molecule has 0 amide bonds. The first-order valence-electron chi connectivity index (χ1n) is 3.41. The van der Waals surface area contributed by atoms with E-state index in [0.717, 1.165) is 0 Å². The molecular weight excluding hydrogens is 156 g/mol. The molecule has 0 heterocycles. The van der Waals surface area contributed by atoms with Crippen molar-refractivity contribution < 1.29 is 0 Å². The molecule has 0 aliphatic heterocycles. The van der Waals surface area contributed by atoms with Crippen LogP contribution in [0.3, 0.4) is 0 Å². The largest absolute Gasteiger partial charge is 0.0776 e. The standard InChI is InChI=1S/C7H16.6CH4/c1-3-5-7-6-4-2;;;;;;/h3-7H2,1-2H3;6*1H4. The van der Waals surface area contributed by atoms with E-state index in [-0.39, 0.29) is 44.6 Å². The first-order valence-corrected chi connectivity index (χ1v) is 3.41. The quantitative estimate of drug-likeness (QED) is 0.434. The first-order chi connectivity index (χ1) is 3.41. The minimum absolute atomic E-state index is 0. The molecule has 13 heavy (non-hydrogen) atoms. The van der Waals surface area contributed by atoms with Crippen molar-refractivity contribution in [3.63, 3.8) is 0 Å². The van der Waals surface area contributed by atoms with Crippen LogP contribution in [0.1, 0.15) is 90.5 Å². The highest BCUT2D eigenvalue weighted by molar-refractivity contribution is 4.35. The van der Waals surface area contributed by atoms with Crippen molar-refractivity contribution >= 4 is 0 Å². The van der Waals surface area contributed by atoms with Gasteiger partial charge in [0.2, 0.25) is 0 Å². The van der Waals surface area contributed by atoms with Gasteiger partial charge in [0.1, 0.15) is 0 Å². The zero-order chi connectivity index (χ0) is 5.54. The van der Waals surface area contributed by atoms with Gasteiger partial charge in [-0.3, -0.25) is 0 Å². The average molecular weight is 196 g/mol. The summed E-state index contributed by atoms with van der Waals surface area (Å²) in [7, 11) is 0. The highest BCUT2D eigenvalue weighted by Crippen LogP contribution is 2.00. The number of rotatable bonds is 4. The fourth-order valence-electron chi connectivity index (χ4n) is 0.677. The van der Waals surface area contributed by atoms with E-state index in [1.807, 2.05) is 0 Å². The summed E-state index contributed by atoms with van der Waals surface area (Å²) in [6.07, 6.45) is 7.01. The Hall–Kier alpha value is 0. The molecule has 0 bridgehead atoms. The molecule has 0 aromatic rings. The van der Waals surface area contributed by atoms with Crippen LogP contribution < -0.4 is 0 Å². The van der Waals surface area contributed by atoms with Gasteiger partial charge in [0, 0.05) is 0 Å². The molecule has 0 aromatic heterocycles. The summed E-state index contributed by atoms with van der Waals surface area (Å²) < 4.78 is 0. The third kappa shape index (κ3) is 75.0. The lowest BCUT2D eigenvalue weighted by Gasteiger charge is -1.90. The monoisotopic (exact) mass is 196 g/mol. The van der Waals surface area contributed by atoms with Crippen molar-refractivity contribution in [3.05, 3.63) is 0 Å². The summed E-state index contributed by atoms with van der Waals surface area (Å²) >= 11 is 0. The molecule has 0 aromatic carbocycles. The van der Waals surface area contributed by atoms with Gasteiger partial charge >= 0.3 is 0 Å². The van der Waals surface area contributed by atoms with Gasteiger partial charge in [-0.15, -0.1) is 0 Å². The van der Waals surface area contributed by atoms with Crippen molar-refractivity contribution in [3.8, 4) is 0 Å². The number of hydrogen-bond donors (Lipinski definition) is 0. The SMILES string of the molecule is C.C.C.C.C.C.CCCCCCC. The highest BCUT2D eigenvalue weighted by Gasteiger charge is 1.80. The van der Waals surface area contributed by atoms with E-state index >= 15 is 0 Å². The van der Waals surface area contributed by atoms with Crippen molar-refractivity contribution in [2.45, 2.75) is 90.5 Å². The van der Waals surface area contributed by atoms with Gasteiger partial charge in [-0.2, -0.15) is 0 Å². The molecule has 92 valence electrons. The summed E-state index contributed by atoms with van der Waals surface area (Å²) in [5.41, 5.74) is 0. The fraction of sp³-hybridized carbons (Fsp3) is 1.00. The maximum absolute atomic E-state index is 2.25. The Balaban J connectivity index is -0.0000000120. The molecule has 0 unspecified atom stereocenters. The Bertz CT molecular complexity index is 19.2. The van der Waals surface area contributed by atoms with Crippen LogP contribution in [-0.4, -0.2) is 0 Å². The van der Waals surface area contributed by atoms with Gasteiger partial charge < -0.3 is 0 Å². The van der Waals surface area contributed by atoms with Crippen LogP contribution in [0.25, 0.3) is 0 Å². The Labute approximate surface area is 91.2 Å². The molecule has 0 saturated carbocycles. The van der Waals surface area contributed by atoms with Crippen molar-refractivity contribution in [1.82, 2.24) is 0 Å². The summed E-state index contributed by atoms with van der Waals surface area (Å²) in [6, 6.07) is 0. The van der Waals surface area contributed by atoms with Crippen LogP contribution in [0, 0.1) is 0 Å². The van der Waals surface area contributed by atoms with E-state index in [4.69, 9.17) is 0 Å². The highest BCUT2D eigenvalue weighted by atomic mass is 13.9. The molecule has 0 aliphatic rings. The van der Waals surface area contributed by atoms with Crippen molar-refractivity contribution in [2.24, 2.45) is 0 Å². The molecule has 0 rings (SSSR count). The molecule has 0 atom stereocenters. The van der Waals surface area contributed by atoms with Gasteiger partial charge in [-0.05, 0) is 0 Å². The molecular formula is C13H40. The molecule has 0 heteroatoms. The maximum Gasteiger partial charge on any atom is -0.0533 e. The van der Waals surface area contributed by atoms with Gasteiger partial charge in [0.05, 0.1) is 0 Å². The van der Waals surface area contributed by atoms with E-state index in [1.54, 1.807) is 0 Å². The Morgan fingerprint density at radius 3 is 0.846 bits per heavy atom. The third-order valence-corrected chi connectivity index (χ3v) is 1.21. The molecule has 0 aliphatic carbocycles. The third-order valence-electron chi connectivity index (χ3n) is 1.21. The lowest BCUT2D eigenvalue weighted by Crippen LogP contribution is -1.70. The predicted molar refractivity (Wildman–Crippen MR) is 74.8 cm³/mol. The average Bonchev–Trinajstić information content (AvgIpc) is 1.69. The summed E-state index contributed by atoms with van der Waals surface area (Å²) in [4.78, 5) is 0. The van der Waals surface area contributed by atoms with E-state index < -0.39 is 0 Å². The molecule has 0 saturated heterocycles. The van der Waals surface area contributed by atoms with Gasteiger partial charge in [0.25, 0.3) is 0 Å². The van der Waals surface area contributed by atoms with Crippen molar-refractivity contribution in [2.75, 3.05) is 0 Å². The zero-order valence-electron chi connectivity index (χ0n) is 5.54. The second kappa shape index (κ2) is 58.1. The van der Waals surface area contributed by atoms with Gasteiger partial charge in [0.15, 0.2) is 0 Å². The Morgan fingerprint density at radius 1 is 0.462 bits per heavy atom. The van der Waals surface area contributed by atoms with Gasteiger partial charge in [-0.25, -0.2) is 0 Å². The topological polar surface area (TPSA) is 0 Å². The fourth-order valence-corrected chi connectivity index (χ4v) is 0.677. The van der Waals surface area contributed by atoms with Crippen LogP contribution in [0.4, 0.5) is 0 Å². The number of unbranched alkanes of at least 4 members (excludes halogenated alkanes) is 4. The van der Waals surface area contributed by atoms with Crippen LogP contribution in [0.5, 0.6) is 0 Å². The maximum atomic E-state index is 2.25. The van der Waals surface area contributed by atoms with E-state index in [2.05, 4.69) is 13.8 Å².